The van der Waals surface area contributed by atoms with E-state index < -0.39 is 18.5 Å². The van der Waals surface area contributed by atoms with Gasteiger partial charge in [-0.1, -0.05) is 29.8 Å². The van der Waals surface area contributed by atoms with E-state index >= 15 is 0 Å². The van der Waals surface area contributed by atoms with E-state index in [9.17, 15) is 14.4 Å². The lowest BCUT2D eigenvalue weighted by Crippen LogP contribution is -2.21. The van der Waals surface area contributed by atoms with Crippen molar-refractivity contribution in [3.63, 3.8) is 0 Å². The monoisotopic (exact) mass is 390 g/mol. The van der Waals surface area contributed by atoms with Gasteiger partial charge in [-0.2, -0.15) is 0 Å². The van der Waals surface area contributed by atoms with Crippen LogP contribution in [0.3, 0.4) is 0 Å². The van der Waals surface area contributed by atoms with Crippen molar-refractivity contribution in [1.29, 1.82) is 0 Å². The van der Waals surface area contributed by atoms with Crippen molar-refractivity contribution in [3.05, 3.63) is 53.6 Å². The summed E-state index contributed by atoms with van der Waals surface area (Å²) in [5.74, 6) is -0.919. The summed E-state index contributed by atoms with van der Waals surface area (Å²) in [6.07, 6.45) is -0.232. The van der Waals surface area contributed by atoms with Gasteiger partial charge in [0, 0.05) is 18.2 Å². The van der Waals surface area contributed by atoms with E-state index in [0.717, 1.165) is 0 Å². The van der Waals surface area contributed by atoms with Crippen molar-refractivity contribution in [2.45, 2.75) is 12.8 Å². The van der Waals surface area contributed by atoms with Gasteiger partial charge in [-0.25, -0.2) is 0 Å². The van der Waals surface area contributed by atoms with E-state index in [0.29, 0.717) is 22.1 Å². The van der Waals surface area contributed by atoms with E-state index in [4.69, 9.17) is 21.1 Å². The maximum atomic E-state index is 11.8. The molecule has 8 heteroatoms. The van der Waals surface area contributed by atoms with Crippen LogP contribution >= 0.6 is 11.6 Å². The van der Waals surface area contributed by atoms with Gasteiger partial charge in [0.1, 0.15) is 5.75 Å². The van der Waals surface area contributed by atoms with Crippen molar-refractivity contribution in [2.75, 3.05) is 24.4 Å². The van der Waals surface area contributed by atoms with Crippen molar-refractivity contribution in [2.24, 2.45) is 0 Å². The molecule has 2 aromatic rings. The Morgan fingerprint density at radius 1 is 0.963 bits per heavy atom. The average Bonchev–Trinajstić information content (AvgIpc) is 2.66. The number of para-hydroxylation sites is 1. The Morgan fingerprint density at radius 2 is 1.74 bits per heavy atom. The summed E-state index contributed by atoms with van der Waals surface area (Å²) >= 11 is 5.94. The number of nitrogens with one attached hydrogen (secondary N) is 2. The van der Waals surface area contributed by atoms with Crippen molar-refractivity contribution in [1.82, 2.24) is 0 Å². The predicted molar refractivity (Wildman–Crippen MR) is 102 cm³/mol. The van der Waals surface area contributed by atoms with Gasteiger partial charge in [-0.3, -0.25) is 14.4 Å². The molecule has 0 bridgehead atoms. The molecule has 0 fully saturated rings. The number of carbonyl (C=O) groups excluding carboxylic acids is 3. The fourth-order valence-electron chi connectivity index (χ4n) is 2.11. The summed E-state index contributed by atoms with van der Waals surface area (Å²) in [5, 5.41) is 5.59. The molecule has 0 aliphatic carbocycles. The summed E-state index contributed by atoms with van der Waals surface area (Å²) in [4.78, 5) is 35.3. The molecule has 2 N–H and O–H groups in total. The molecule has 0 aliphatic heterocycles. The largest absolute Gasteiger partial charge is 0.497 e. The van der Waals surface area contributed by atoms with E-state index in [1.54, 1.807) is 48.5 Å². The highest BCUT2D eigenvalue weighted by atomic mass is 35.5. The molecule has 0 saturated heterocycles. The first-order chi connectivity index (χ1) is 13.0. The quantitative estimate of drug-likeness (QED) is 0.675. The van der Waals surface area contributed by atoms with Crippen LogP contribution in [0.4, 0.5) is 11.4 Å². The second-order valence-corrected chi connectivity index (χ2v) is 5.88. The van der Waals surface area contributed by atoms with Crippen molar-refractivity contribution >= 4 is 40.8 Å². The Bertz CT molecular complexity index is 825. The SMILES string of the molecule is COc1cccc(NC(=O)COC(=O)CCC(=O)Nc2ccccc2Cl)c1. The molecule has 2 amide bonds. The summed E-state index contributed by atoms with van der Waals surface area (Å²) in [6, 6.07) is 13.6. The second-order valence-electron chi connectivity index (χ2n) is 5.47. The van der Waals surface area contributed by atoms with Crippen LogP contribution in [0.2, 0.25) is 5.02 Å². The van der Waals surface area contributed by atoms with Crippen LogP contribution in [0.25, 0.3) is 0 Å². The number of carbonyl (C=O) groups is 3. The fraction of sp³-hybridized carbons (Fsp3) is 0.211. The number of ether oxygens (including phenoxy) is 2. The summed E-state index contributed by atoms with van der Waals surface area (Å²) in [5.41, 5.74) is 0.990. The van der Waals surface area contributed by atoms with Crippen LogP contribution in [0, 0.1) is 0 Å². The first kappa shape index (κ1) is 20.3. The number of anilines is 2. The molecule has 0 aromatic heterocycles. The molecule has 27 heavy (non-hydrogen) atoms. The van der Waals surface area contributed by atoms with Gasteiger partial charge >= 0.3 is 5.97 Å². The Balaban J connectivity index is 1.70. The van der Waals surface area contributed by atoms with Gasteiger partial charge in [0.25, 0.3) is 5.91 Å². The molecule has 0 aliphatic rings. The number of amides is 2. The Hall–Kier alpha value is -3.06. The molecule has 2 rings (SSSR count). The fourth-order valence-corrected chi connectivity index (χ4v) is 2.29. The lowest BCUT2D eigenvalue weighted by Gasteiger charge is -2.08. The third kappa shape index (κ3) is 6.99. The van der Waals surface area contributed by atoms with Gasteiger partial charge in [-0.15, -0.1) is 0 Å². The molecule has 0 atom stereocenters. The molecule has 142 valence electrons. The van der Waals surface area contributed by atoms with Gasteiger partial charge in [0.05, 0.1) is 24.2 Å². The first-order valence-corrected chi connectivity index (χ1v) is 8.49. The van der Waals surface area contributed by atoms with E-state index in [2.05, 4.69) is 10.6 Å². The van der Waals surface area contributed by atoms with Gasteiger partial charge in [-0.05, 0) is 24.3 Å². The topological polar surface area (TPSA) is 93.7 Å². The Labute approximate surface area is 161 Å². The number of benzene rings is 2. The minimum Gasteiger partial charge on any atom is -0.497 e. The smallest absolute Gasteiger partial charge is 0.306 e. The molecular formula is C19H19ClN2O5. The molecule has 0 spiro atoms. The van der Waals surface area contributed by atoms with E-state index in [1.165, 1.54) is 7.11 Å². The number of rotatable bonds is 8. The number of hydrogen-bond donors (Lipinski definition) is 2. The molecule has 2 aromatic carbocycles. The van der Waals surface area contributed by atoms with Gasteiger partial charge in [0.15, 0.2) is 6.61 Å². The van der Waals surface area contributed by atoms with E-state index in [1.807, 2.05) is 0 Å². The zero-order chi connectivity index (χ0) is 19.6. The standard InChI is InChI=1S/C19H19ClN2O5/c1-26-14-6-4-5-13(11-14)21-18(24)12-27-19(25)10-9-17(23)22-16-8-3-2-7-15(16)20/h2-8,11H,9-10,12H2,1H3,(H,21,24)(H,22,23). The van der Waals surface area contributed by atoms with Crippen molar-refractivity contribution in [3.8, 4) is 5.75 Å². The summed E-state index contributed by atoms with van der Waals surface area (Å²) < 4.78 is 9.92. The zero-order valence-corrected chi connectivity index (χ0v) is 15.4. The summed E-state index contributed by atoms with van der Waals surface area (Å²) in [7, 11) is 1.52. The highest BCUT2D eigenvalue weighted by molar-refractivity contribution is 6.33. The lowest BCUT2D eigenvalue weighted by molar-refractivity contribution is -0.147. The first-order valence-electron chi connectivity index (χ1n) is 8.12. The number of esters is 1. The van der Waals surface area contributed by atoms with Crippen LogP contribution in [-0.2, 0) is 19.1 Å². The lowest BCUT2D eigenvalue weighted by atomic mass is 10.2. The van der Waals surface area contributed by atoms with Crippen LogP contribution in [-0.4, -0.2) is 31.5 Å². The minimum absolute atomic E-state index is 0.0818. The minimum atomic E-state index is -0.648. The summed E-state index contributed by atoms with van der Waals surface area (Å²) in [6.45, 7) is -0.442. The van der Waals surface area contributed by atoms with E-state index in [-0.39, 0.29) is 18.7 Å². The number of methoxy groups -OCH3 is 1. The van der Waals surface area contributed by atoms with Crippen molar-refractivity contribution < 1.29 is 23.9 Å². The molecule has 0 radical (unpaired) electrons. The molecular weight excluding hydrogens is 372 g/mol. The maximum Gasteiger partial charge on any atom is 0.306 e. The predicted octanol–water partition coefficient (Wildman–Crippen LogP) is 3.25. The van der Waals surface area contributed by atoms with Crippen LogP contribution in [0.5, 0.6) is 5.75 Å². The number of hydrogen-bond acceptors (Lipinski definition) is 5. The highest BCUT2D eigenvalue weighted by Gasteiger charge is 2.12. The third-order valence-electron chi connectivity index (χ3n) is 3.42. The molecule has 0 unspecified atom stereocenters. The highest BCUT2D eigenvalue weighted by Crippen LogP contribution is 2.20. The average molecular weight is 391 g/mol. The normalized spacial score (nSPS) is 10.0. The van der Waals surface area contributed by atoms with Gasteiger partial charge in [0.2, 0.25) is 5.91 Å². The zero-order valence-electron chi connectivity index (χ0n) is 14.7. The van der Waals surface area contributed by atoms with Crippen LogP contribution < -0.4 is 15.4 Å². The van der Waals surface area contributed by atoms with Gasteiger partial charge < -0.3 is 20.1 Å². The maximum absolute atomic E-state index is 11.8. The number of halogens is 1. The van der Waals surface area contributed by atoms with Crippen LogP contribution in [0.1, 0.15) is 12.8 Å². The third-order valence-corrected chi connectivity index (χ3v) is 3.75. The second kappa shape index (κ2) is 10.2. The molecule has 7 nitrogen and oxygen atoms in total. The Morgan fingerprint density at radius 3 is 2.48 bits per heavy atom. The molecule has 0 saturated carbocycles. The molecule has 0 heterocycles. The Kier molecular flexibility index (Phi) is 7.63. The van der Waals surface area contributed by atoms with Crippen LogP contribution in [0.15, 0.2) is 48.5 Å².